The van der Waals surface area contributed by atoms with Crippen LogP contribution in [0.5, 0.6) is 0 Å². The Kier molecular flexibility index (Phi) is 89.6. The van der Waals surface area contributed by atoms with Gasteiger partial charge in [0.1, 0.15) is 55.5 Å². The number of nitrogens with zero attached hydrogens (tertiary/aromatic N) is 5. The maximum atomic E-state index is 12.2. The molecule has 0 aliphatic carbocycles. The fourth-order valence-electron chi connectivity index (χ4n) is 8.27. The van der Waals surface area contributed by atoms with Crippen molar-refractivity contribution in [2.75, 3.05) is 19.8 Å². The second-order valence-electron chi connectivity index (χ2n) is 19.8. The number of nitrogens with one attached hydrogen (secondary N) is 1. The van der Waals surface area contributed by atoms with E-state index in [1.54, 1.807) is 0 Å². The predicted molar refractivity (Wildman–Crippen MR) is 304 cm³/mol. The van der Waals surface area contributed by atoms with Gasteiger partial charge in [-0.1, -0.05) is 17.4 Å². The monoisotopic (exact) mass is 2200 g/mol. The Morgan fingerprint density at radius 1 is 0.376 bits per heavy atom. The van der Waals surface area contributed by atoms with Crippen LogP contribution < -0.4 is 389 Å². The summed E-state index contributed by atoms with van der Waals surface area (Å²) in [5, 5.41) is 13.9. The summed E-state index contributed by atoms with van der Waals surface area (Å²) >= 11 is 0. The first-order valence-electron chi connectivity index (χ1n) is 26.8. The normalized spacial score (nSPS) is 24.2. The molecule has 16 atom stereocenters. The molecule has 92 heteroatoms. The molecule has 4 saturated heterocycles. The van der Waals surface area contributed by atoms with Crippen LogP contribution in [0, 0.1) is 25.7 Å². The molecule has 4 aliphatic heterocycles. The van der Waals surface area contributed by atoms with E-state index in [0.29, 0.717) is 25.8 Å². The number of ether oxygens (including phenoxy) is 8. The van der Waals surface area contributed by atoms with E-state index in [0.717, 1.165) is 10.9 Å². The number of aromatic amines is 1. The van der Waals surface area contributed by atoms with Gasteiger partial charge in [-0.2, -0.15) is 4.68 Å². The van der Waals surface area contributed by atoms with E-state index in [4.69, 9.17) is 108 Å². The molecule has 125 heavy (non-hydrogen) atoms. The van der Waals surface area contributed by atoms with Crippen molar-refractivity contribution in [3.8, 4) is 0 Å². The van der Waals surface area contributed by atoms with Crippen molar-refractivity contribution >= 4 is 135 Å². The van der Waals surface area contributed by atoms with Crippen molar-refractivity contribution in [2.24, 2.45) is 0 Å². The quantitative estimate of drug-likeness (QED) is 0.0141. The van der Waals surface area contributed by atoms with Crippen LogP contribution >= 0.6 is 0 Å². The van der Waals surface area contributed by atoms with Gasteiger partial charge in [-0.05, 0) is 30.8 Å². The van der Waals surface area contributed by atoms with Gasteiger partial charge >= 0.3 is 384 Å². The maximum absolute atomic E-state index is 12.2. The summed E-state index contributed by atoms with van der Waals surface area (Å²) in [4.78, 5) is 0. The Labute approximate surface area is 1000 Å². The molecule has 0 amide bonds. The zero-order chi connectivity index (χ0) is 86.8. The first-order chi connectivity index (χ1) is 50.0. The molecule has 6 heterocycles. The molecule has 2 aromatic heterocycles. The van der Waals surface area contributed by atoms with Crippen LogP contribution in [0.25, 0.3) is 0 Å². The number of rotatable bonds is 35. The van der Waals surface area contributed by atoms with Crippen molar-refractivity contribution in [3.05, 3.63) is 49.5 Å². The largest absolute Gasteiger partial charge is 1.00 e. The standard InChI is InChI=1S/C33H50N6O44S9.13Na.4H2O4S/c1-2-3-38-8-16(34-36-38)11-67-26-5-20(80-89(55,56)57)32(82-91(61,62)63)22(72-26)10-39-9-17(35-37-39)12-68-27-4-18(78-87(49,50)51)30(23(73-27)13-69-84(40,41)42)76-28-6-19(79-88(52,53)54)31(24(74-28)14-70-85(43,44)45)77-29-7-21(81-90(58,59)60)33(83-92(64,65)66)25(75-29)15-71-86(46,47)48;;;;;;;;;;;;;;4*1-5(2,3)4/h4-9,18-33H,2-3,10-15H2,1H3,(H9,40,41,42,43,44,45,46,47,48,49,50,51,52,53,54,55,56,57,58,59,60,61,62,63,64,65,66);;;;;;;;;;;;;;4*(H2,1,2,3,4)/q-4;13*+1;;;;/p-12/t18-,19-,20-,21-,22-,23-,24-,25-,26+,27-,28-,29-,30+,31+,32+,33?;;;;;;;;;;;;;;;;;/m1................./s1. The van der Waals surface area contributed by atoms with Gasteiger partial charge in [0.05, 0.1) is 44.8 Å². The molecule has 1 unspecified atom stereocenters. The third-order valence-corrected chi connectivity index (χ3v) is 15.3. The first kappa shape index (κ1) is 160. The number of hydrogen-bond acceptors (Lipinski definition) is 59. The molecule has 0 saturated carbocycles. The van der Waals surface area contributed by atoms with Crippen LogP contribution in [0.1, 0.15) is 24.7 Å². The number of aryl methyl sites for hydroxylation is 1. The van der Waals surface area contributed by atoms with Crippen LogP contribution in [0.15, 0.2) is 12.4 Å². The SMILES string of the molecule is CCCn1cc(CO[C@@H]2[CH-][C@@H](OS(=O)(=O)[O-])[C@H](OS(=O)(=O)[O-])[C@@H](C[n+]3cc(CO[C@H]4[CH-][C@@H](OS(=O)(=O)[O-])[C@H](O[C@@H]5[CH-][C@@H](OS(=O)(=O)[O-])[C@H](O[C@@H]6[CH-][C@@H](OS(=O)(=O)[O-])C(OS(=O)(=O)[O-])[C@@H](COS(=O)(=O)[O-])O6)[C@@H](COS(=O)(=O)[O-])O5)[C@@H](COS(=O)(=O)[O-])O4)n[nH]3)O2)nn1.O=S(=O)([O-])O.O=S(=O)([O-])O.O=S(=O)([O-])O.O=S(=O)([O-])O.[Na+].[Na+].[Na+].[Na+].[Na+].[Na+].[Na+].[Na+].[Na+].[Na+].[Na+].[Na+].[Na+]. The van der Waals surface area contributed by atoms with Crippen molar-refractivity contribution in [3.63, 3.8) is 0 Å². The molecule has 4 fully saturated rings. The number of H-pyrrole nitrogens is 1. The first-order valence-corrected chi connectivity index (χ1v) is 44.2. The molecule has 662 valence electrons. The fraction of sp³-hybridized carbons (Fsp3) is 0.758. The smallest absolute Gasteiger partial charge is 0.726 e. The summed E-state index contributed by atoms with van der Waals surface area (Å²) in [7, 11) is -73.4. The van der Waals surface area contributed by atoms with Gasteiger partial charge in [-0.25, -0.2) is 135 Å². The van der Waals surface area contributed by atoms with Gasteiger partial charge in [0, 0.05) is 36.8 Å². The average molecular weight is 2200 g/mol. The summed E-state index contributed by atoms with van der Waals surface area (Å²) in [6.07, 6.45) is -34.9. The fourth-order valence-corrected chi connectivity index (χ4v) is 12.0. The zero-order valence-corrected chi connectivity index (χ0v) is 103. The van der Waals surface area contributed by atoms with E-state index in [-0.39, 0.29) is 408 Å². The molecule has 4 aliphatic rings. The summed E-state index contributed by atoms with van der Waals surface area (Å²) in [6.45, 7) is -5.08. The number of hydrogen-bond donors (Lipinski definition) is 5. The maximum Gasteiger partial charge on any atom is 1.00 e. The summed E-state index contributed by atoms with van der Waals surface area (Å²) in [5.41, 5.74) is -0.120. The Bertz CT molecular complexity index is 4860. The van der Waals surface area contributed by atoms with E-state index >= 15 is 0 Å². The third-order valence-electron chi connectivity index (χ3n) is 11.3. The van der Waals surface area contributed by atoms with E-state index in [9.17, 15) is 117 Å². The molecule has 6 rings (SSSR count). The molecule has 5 N–H and O–H groups in total. The molecular weight excluding hydrogens is 2160 g/mol. The van der Waals surface area contributed by atoms with Crippen molar-refractivity contribution in [2.45, 2.75) is 138 Å². The number of aromatic nitrogens is 6. The van der Waals surface area contributed by atoms with Crippen LogP contribution in [0.2, 0.25) is 0 Å². The predicted octanol–water partition coefficient (Wildman–Crippen LogP) is -53.5. The van der Waals surface area contributed by atoms with Crippen molar-refractivity contribution in [1.82, 2.24) is 25.3 Å². The molecule has 0 radical (unpaired) electrons. The van der Waals surface area contributed by atoms with E-state index in [2.05, 4.69) is 58.3 Å². The zero-order valence-electron chi connectivity index (χ0n) is 66.1. The van der Waals surface area contributed by atoms with Crippen LogP contribution in [-0.2, 0) is 237 Å². The average Bonchev–Trinajstić information content (AvgIpc) is 1.26. The Morgan fingerprint density at radius 2 is 0.624 bits per heavy atom. The summed E-state index contributed by atoms with van der Waals surface area (Å²) in [6, 6.07) is 0. The van der Waals surface area contributed by atoms with Gasteiger partial charge in [0.2, 0.25) is 141 Å². The minimum atomic E-state index is -6.21. The Balaban J connectivity index is -0.000000347. The Morgan fingerprint density at radius 3 is 0.904 bits per heavy atom. The summed E-state index contributed by atoms with van der Waals surface area (Å²) in [5.74, 6) is 0. The van der Waals surface area contributed by atoms with Gasteiger partial charge in [-0.15, -0.1) is 5.10 Å². The van der Waals surface area contributed by atoms with Crippen LogP contribution in [0.4, 0.5) is 0 Å². The molecule has 2 aromatic rings. The molecule has 0 spiro atoms. The second kappa shape index (κ2) is 70.2. The van der Waals surface area contributed by atoms with Crippen LogP contribution in [0.3, 0.4) is 0 Å². The third kappa shape index (κ3) is 85.1. The molecular formula is C33H46N6Na13O60S13-3. The minimum Gasteiger partial charge on any atom is -0.726 e. The topological polar surface area (TPSA) is 1040 Å². The van der Waals surface area contributed by atoms with Gasteiger partial charge in [0.15, 0.2) is 6.20 Å². The van der Waals surface area contributed by atoms with Gasteiger partial charge in [-0.3, -0.25) is 43.8 Å². The molecule has 66 nitrogen and oxygen atoms in total. The minimum absolute atomic E-state index is 0. The van der Waals surface area contributed by atoms with Crippen molar-refractivity contribution < 1.29 is 651 Å². The second-order valence-corrected chi connectivity index (χ2v) is 32.5. The van der Waals surface area contributed by atoms with Gasteiger partial charge in [0.25, 0.3) is 0 Å². The van der Waals surface area contributed by atoms with Crippen molar-refractivity contribution in [1.29, 1.82) is 0 Å². The van der Waals surface area contributed by atoms with E-state index < -0.39 is 273 Å². The van der Waals surface area contributed by atoms with Gasteiger partial charge < -0.3 is 114 Å². The molecule has 0 aromatic carbocycles. The van der Waals surface area contributed by atoms with E-state index in [1.165, 1.54) is 10.9 Å². The van der Waals surface area contributed by atoms with Crippen LogP contribution in [-0.4, -0.2) is 330 Å². The Hall–Kier alpha value is 9.27. The van der Waals surface area contributed by atoms with E-state index in [1.807, 2.05) is 6.92 Å². The molecule has 0 bridgehead atoms. The summed E-state index contributed by atoms with van der Waals surface area (Å²) < 4.78 is 534.